The smallest absolute Gasteiger partial charge is 0.244 e. The van der Waals surface area contributed by atoms with Crippen LogP contribution >= 0.6 is 0 Å². The lowest BCUT2D eigenvalue weighted by atomic mass is 10.0. The van der Waals surface area contributed by atoms with E-state index in [0.29, 0.717) is 6.61 Å². The molecule has 0 saturated carbocycles. The molecule has 4 heteroatoms. The minimum absolute atomic E-state index is 0.0537. The van der Waals surface area contributed by atoms with E-state index in [1.165, 1.54) is 0 Å². The van der Waals surface area contributed by atoms with Crippen molar-refractivity contribution in [1.82, 2.24) is 5.32 Å². The van der Waals surface area contributed by atoms with Gasteiger partial charge in [0.1, 0.15) is 5.75 Å². The molecule has 0 radical (unpaired) electrons. The standard InChI is InChI=1S/C15H24N2O2/c1-5-10-19-13-9-7-8-12(11-13)17-14(18)15(3,4)16-6-2/h7-9,11,16H,5-6,10H2,1-4H3,(H,17,18). The molecule has 106 valence electrons. The summed E-state index contributed by atoms with van der Waals surface area (Å²) in [6.45, 7) is 9.20. The third-order valence-electron chi connectivity index (χ3n) is 2.75. The summed E-state index contributed by atoms with van der Waals surface area (Å²) in [7, 11) is 0. The second-order valence-electron chi connectivity index (χ2n) is 4.99. The highest BCUT2D eigenvalue weighted by Crippen LogP contribution is 2.18. The molecule has 0 aliphatic carbocycles. The molecule has 1 aromatic rings. The quantitative estimate of drug-likeness (QED) is 0.796. The van der Waals surface area contributed by atoms with Gasteiger partial charge in [0.2, 0.25) is 5.91 Å². The van der Waals surface area contributed by atoms with Crippen molar-refractivity contribution in [3.05, 3.63) is 24.3 Å². The molecule has 19 heavy (non-hydrogen) atoms. The maximum Gasteiger partial charge on any atom is 0.244 e. The zero-order valence-corrected chi connectivity index (χ0v) is 12.2. The fourth-order valence-electron chi connectivity index (χ4n) is 1.69. The van der Waals surface area contributed by atoms with Crippen LogP contribution in [0.2, 0.25) is 0 Å². The Morgan fingerprint density at radius 2 is 2.05 bits per heavy atom. The molecular weight excluding hydrogens is 240 g/mol. The zero-order chi connectivity index (χ0) is 14.3. The van der Waals surface area contributed by atoms with Crippen LogP contribution in [0.15, 0.2) is 24.3 Å². The van der Waals surface area contributed by atoms with E-state index in [1.807, 2.05) is 45.0 Å². The molecule has 0 spiro atoms. The molecule has 0 heterocycles. The Morgan fingerprint density at radius 3 is 2.68 bits per heavy atom. The molecular formula is C15H24N2O2. The number of carbonyl (C=O) groups is 1. The van der Waals surface area contributed by atoms with Crippen LogP contribution < -0.4 is 15.4 Å². The van der Waals surface area contributed by atoms with E-state index in [9.17, 15) is 4.79 Å². The maximum absolute atomic E-state index is 12.1. The van der Waals surface area contributed by atoms with Gasteiger partial charge in [0.25, 0.3) is 0 Å². The monoisotopic (exact) mass is 264 g/mol. The number of anilines is 1. The summed E-state index contributed by atoms with van der Waals surface area (Å²) in [6, 6.07) is 7.47. The summed E-state index contributed by atoms with van der Waals surface area (Å²) >= 11 is 0. The molecule has 2 N–H and O–H groups in total. The normalized spacial score (nSPS) is 11.2. The van der Waals surface area contributed by atoms with E-state index in [4.69, 9.17) is 4.74 Å². The molecule has 0 atom stereocenters. The third kappa shape index (κ3) is 4.91. The topological polar surface area (TPSA) is 50.4 Å². The number of likely N-dealkylation sites (N-methyl/N-ethyl adjacent to an activating group) is 1. The first-order valence-corrected chi connectivity index (χ1v) is 6.79. The predicted octanol–water partition coefficient (Wildman–Crippen LogP) is 2.80. The molecule has 0 saturated heterocycles. The highest BCUT2D eigenvalue weighted by Gasteiger charge is 2.26. The Morgan fingerprint density at radius 1 is 1.32 bits per heavy atom. The van der Waals surface area contributed by atoms with Crippen LogP contribution in [0.3, 0.4) is 0 Å². The second-order valence-corrected chi connectivity index (χ2v) is 4.99. The first-order chi connectivity index (χ1) is 8.99. The number of amides is 1. The van der Waals surface area contributed by atoms with Crippen LogP contribution in [-0.4, -0.2) is 24.6 Å². The van der Waals surface area contributed by atoms with Crippen LogP contribution in [0.5, 0.6) is 5.75 Å². The average Bonchev–Trinajstić information content (AvgIpc) is 2.36. The van der Waals surface area contributed by atoms with Crippen molar-refractivity contribution >= 4 is 11.6 Å². The fraction of sp³-hybridized carbons (Fsp3) is 0.533. The van der Waals surface area contributed by atoms with Gasteiger partial charge in [-0.15, -0.1) is 0 Å². The lowest BCUT2D eigenvalue weighted by molar-refractivity contribution is -0.121. The maximum atomic E-state index is 12.1. The Balaban J connectivity index is 2.68. The summed E-state index contributed by atoms with van der Waals surface area (Å²) in [5, 5.41) is 6.05. The van der Waals surface area contributed by atoms with Crippen LogP contribution in [0.4, 0.5) is 5.69 Å². The zero-order valence-electron chi connectivity index (χ0n) is 12.2. The summed E-state index contributed by atoms with van der Waals surface area (Å²) in [5.74, 6) is 0.725. The minimum Gasteiger partial charge on any atom is -0.494 e. The molecule has 1 rings (SSSR count). The van der Waals surface area contributed by atoms with E-state index in [1.54, 1.807) is 0 Å². The van der Waals surface area contributed by atoms with E-state index < -0.39 is 5.54 Å². The Hall–Kier alpha value is -1.55. The van der Waals surface area contributed by atoms with Crippen LogP contribution in [-0.2, 0) is 4.79 Å². The highest BCUT2D eigenvalue weighted by atomic mass is 16.5. The predicted molar refractivity (Wildman–Crippen MR) is 78.6 cm³/mol. The van der Waals surface area contributed by atoms with E-state index >= 15 is 0 Å². The second kappa shape index (κ2) is 7.14. The molecule has 0 aliphatic heterocycles. The lowest BCUT2D eigenvalue weighted by Gasteiger charge is -2.24. The first kappa shape index (κ1) is 15.5. The van der Waals surface area contributed by atoms with Crippen molar-refractivity contribution in [2.75, 3.05) is 18.5 Å². The van der Waals surface area contributed by atoms with Crippen molar-refractivity contribution in [2.45, 2.75) is 39.7 Å². The van der Waals surface area contributed by atoms with Crippen LogP contribution in [0.25, 0.3) is 0 Å². The van der Waals surface area contributed by atoms with Gasteiger partial charge in [0.15, 0.2) is 0 Å². The van der Waals surface area contributed by atoms with Crippen molar-refractivity contribution in [3.63, 3.8) is 0 Å². The van der Waals surface area contributed by atoms with Gasteiger partial charge in [-0.1, -0.05) is 19.9 Å². The van der Waals surface area contributed by atoms with Crippen molar-refractivity contribution in [1.29, 1.82) is 0 Å². The highest BCUT2D eigenvalue weighted by molar-refractivity contribution is 5.97. The molecule has 0 aliphatic rings. The van der Waals surface area contributed by atoms with E-state index in [-0.39, 0.29) is 5.91 Å². The van der Waals surface area contributed by atoms with E-state index in [2.05, 4.69) is 17.6 Å². The largest absolute Gasteiger partial charge is 0.494 e. The number of carbonyl (C=O) groups excluding carboxylic acids is 1. The first-order valence-electron chi connectivity index (χ1n) is 6.79. The molecule has 1 aromatic carbocycles. The molecule has 0 aromatic heterocycles. The molecule has 0 bridgehead atoms. The van der Waals surface area contributed by atoms with Gasteiger partial charge in [0, 0.05) is 11.8 Å². The summed E-state index contributed by atoms with van der Waals surface area (Å²) < 4.78 is 5.54. The third-order valence-corrected chi connectivity index (χ3v) is 2.75. The minimum atomic E-state index is -0.588. The van der Waals surface area contributed by atoms with Gasteiger partial charge in [-0.25, -0.2) is 0 Å². The number of ether oxygens (including phenoxy) is 1. The number of nitrogens with one attached hydrogen (secondary N) is 2. The number of hydrogen-bond acceptors (Lipinski definition) is 3. The molecule has 1 amide bonds. The van der Waals surface area contributed by atoms with Gasteiger partial charge >= 0.3 is 0 Å². The molecule has 0 fully saturated rings. The van der Waals surface area contributed by atoms with Gasteiger partial charge < -0.3 is 15.4 Å². The number of rotatable bonds is 7. The Kier molecular flexibility index (Phi) is 5.83. The van der Waals surface area contributed by atoms with Gasteiger partial charge in [0.05, 0.1) is 12.1 Å². The average molecular weight is 264 g/mol. The van der Waals surface area contributed by atoms with Crippen LogP contribution in [0.1, 0.15) is 34.1 Å². The number of benzene rings is 1. The Labute approximate surface area is 115 Å². The number of hydrogen-bond donors (Lipinski definition) is 2. The van der Waals surface area contributed by atoms with Crippen molar-refractivity contribution < 1.29 is 9.53 Å². The summed E-state index contributed by atoms with van der Waals surface area (Å²) in [5.41, 5.74) is 0.166. The fourth-order valence-corrected chi connectivity index (χ4v) is 1.69. The summed E-state index contributed by atoms with van der Waals surface area (Å²) in [6.07, 6.45) is 0.962. The van der Waals surface area contributed by atoms with Gasteiger partial charge in [-0.05, 0) is 38.9 Å². The molecule has 4 nitrogen and oxygen atoms in total. The summed E-state index contributed by atoms with van der Waals surface area (Å²) in [4.78, 5) is 12.1. The van der Waals surface area contributed by atoms with Crippen LogP contribution in [0, 0.1) is 0 Å². The van der Waals surface area contributed by atoms with Gasteiger partial charge in [-0.3, -0.25) is 4.79 Å². The molecule has 0 unspecified atom stereocenters. The van der Waals surface area contributed by atoms with Crippen molar-refractivity contribution in [2.24, 2.45) is 0 Å². The lowest BCUT2D eigenvalue weighted by Crippen LogP contribution is -2.49. The Bertz CT molecular complexity index is 416. The van der Waals surface area contributed by atoms with Crippen molar-refractivity contribution in [3.8, 4) is 5.75 Å². The SMILES string of the molecule is CCCOc1cccc(NC(=O)C(C)(C)NCC)c1. The van der Waals surface area contributed by atoms with E-state index in [0.717, 1.165) is 24.4 Å². The van der Waals surface area contributed by atoms with Gasteiger partial charge in [-0.2, -0.15) is 0 Å².